The number of piperidine rings is 1. The predicted octanol–water partition coefficient (Wildman–Crippen LogP) is 3.02. The number of anilines is 1. The smallest absolute Gasteiger partial charge is 0.410 e. The quantitative estimate of drug-likeness (QED) is 0.595. The molecule has 2 aliphatic rings. The number of benzene rings is 1. The highest BCUT2D eigenvalue weighted by Gasteiger charge is 2.33. The van der Waals surface area contributed by atoms with Gasteiger partial charge in [-0.05, 0) is 39.7 Å². The molecule has 0 bridgehead atoms. The summed E-state index contributed by atoms with van der Waals surface area (Å²) in [6.45, 7) is 10.2. The van der Waals surface area contributed by atoms with Gasteiger partial charge in [-0.3, -0.25) is 4.79 Å². The minimum absolute atomic E-state index is 0.162. The molecule has 9 heteroatoms. The van der Waals surface area contributed by atoms with Gasteiger partial charge in [0.15, 0.2) is 11.5 Å². The van der Waals surface area contributed by atoms with E-state index in [0.717, 1.165) is 25.1 Å². The van der Waals surface area contributed by atoms with Crippen LogP contribution in [0.2, 0.25) is 0 Å². The van der Waals surface area contributed by atoms with E-state index in [9.17, 15) is 14.7 Å². The number of nitrogens with one attached hydrogen (secondary N) is 2. The Morgan fingerprint density at radius 1 is 1.24 bits per heavy atom. The summed E-state index contributed by atoms with van der Waals surface area (Å²) in [7, 11) is 0. The molecule has 3 rings (SSSR count). The summed E-state index contributed by atoms with van der Waals surface area (Å²) in [4.78, 5) is 26.9. The van der Waals surface area contributed by atoms with Crippen molar-refractivity contribution >= 4 is 17.7 Å². The fourth-order valence-corrected chi connectivity index (χ4v) is 3.84. The summed E-state index contributed by atoms with van der Waals surface area (Å²) in [5, 5.41) is 16.8. The van der Waals surface area contributed by atoms with E-state index in [-0.39, 0.29) is 18.4 Å². The summed E-state index contributed by atoms with van der Waals surface area (Å²) >= 11 is 0. The average Bonchev–Trinajstić information content (AvgIpc) is 3.00. The van der Waals surface area contributed by atoms with Crippen LogP contribution in [0.3, 0.4) is 0 Å². The van der Waals surface area contributed by atoms with Crippen LogP contribution in [0, 0.1) is 5.92 Å². The molecule has 0 aliphatic carbocycles. The second-order valence-corrected chi connectivity index (χ2v) is 9.58. The van der Waals surface area contributed by atoms with Gasteiger partial charge in [0.25, 0.3) is 5.91 Å². The summed E-state index contributed by atoms with van der Waals surface area (Å²) in [5.74, 6) is 0.570. The maximum atomic E-state index is 13.1. The van der Waals surface area contributed by atoms with E-state index in [2.05, 4.69) is 17.6 Å². The van der Waals surface area contributed by atoms with E-state index in [4.69, 9.17) is 14.2 Å². The SMILES string of the molecule is CCCNc1cc2c(c(C(=O)NC[C@@H]3CCN(C(=O)OC(C)(C)C)C[C@H]3O)c1)OCCCO2. The largest absolute Gasteiger partial charge is 0.489 e. The van der Waals surface area contributed by atoms with Crippen LogP contribution in [0.25, 0.3) is 0 Å². The third-order valence-electron chi connectivity index (χ3n) is 5.57. The Bertz CT molecular complexity index is 838. The van der Waals surface area contributed by atoms with Crippen molar-refractivity contribution in [2.24, 2.45) is 5.92 Å². The van der Waals surface area contributed by atoms with Gasteiger partial charge in [0, 0.05) is 43.7 Å². The molecule has 1 saturated heterocycles. The Balaban J connectivity index is 1.63. The van der Waals surface area contributed by atoms with E-state index < -0.39 is 17.8 Å². The third kappa shape index (κ3) is 6.90. The molecule has 2 aliphatic heterocycles. The zero-order valence-electron chi connectivity index (χ0n) is 20.1. The number of carbonyl (C=O) groups excluding carboxylic acids is 2. The van der Waals surface area contributed by atoms with E-state index in [1.165, 1.54) is 4.90 Å². The van der Waals surface area contributed by atoms with E-state index in [0.29, 0.717) is 49.8 Å². The first-order valence-corrected chi connectivity index (χ1v) is 11.8. The number of likely N-dealkylation sites (tertiary alicyclic amines) is 1. The van der Waals surface area contributed by atoms with Crippen LogP contribution in [-0.2, 0) is 4.74 Å². The fourth-order valence-electron chi connectivity index (χ4n) is 3.84. The highest BCUT2D eigenvalue weighted by Crippen LogP contribution is 2.36. The lowest BCUT2D eigenvalue weighted by Gasteiger charge is -2.36. The van der Waals surface area contributed by atoms with Crippen LogP contribution in [0.4, 0.5) is 10.5 Å². The zero-order chi connectivity index (χ0) is 24.0. The predicted molar refractivity (Wildman–Crippen MR) is 125 cm³/mol. The van der Waals surface area contributed by atoms with Crippen molar-refractivity contribution in [2.75, 3.05) is 44.7 Å². The van der Waals surface area contributed by atoms with Crippen LogP contribution in [0.1, 0.15) is 57.3 Å². The number of amides is 2. The molecule has 0 saturated carbocycles. The minimum atomic E-state index is -0.749. The van der Waals surface area contributed by atoms with Crippen molar-refractivity contribution < 1.29 is 28.9 Å². The van der Waals surface area contributed by atoms with Crippen molar-refractivity contribution in [2.45, 2.75) is 58.7 Å². The second-order valence-electron chi connectivity index (χ2n) is 9.58. The molecule has 1 aromatic rings. The number of aliphatic hydroxyl groups excluding tert-OH is 1. The minimum Gasteiger partial charge on any atom is -0.489 e. The summed E-state index contributed by atoms with van der Waals surface area (Å²) in [5.41, 5.74) is 0.627. The molecule has 2 amide bonds. The first kappa shape index (κ1) is 25.0. The third-order valence-corrected chi connectivity index (χ3v) is 5.57. The number of fused-ring (bicyclic) bond motifs is 1. The number of rotatable bonds is 6. The Labute approximate surface area is 195 Å². The Kier molecular flexibility index (Phi) is 8.29. The van der Waals surface area contributed by atoms with Gasteiger partial charge < -0.3 is 34.9 Å². The topological polar surface area (TPSA) is 109 Å². The second kappa shape index (κ2) is 11.0. The number of hydrogen-bond acceptors (Lipinski definition) is 7. The zero-order valence-corrected chi connectivity index (χ0v) is 20.1. The molecule has 33 heavy (non-hydrogen) atoms. The molecular formula is C24H37N3O6. The summed E-state index contributed by atoms with van der Waals surface area (Å²) in [6, 6.07) is 3.64. The van der Waals surface area contributed by atoms with Crippen LogP contribution in [0.5, 0.6) is 11.5 Å². The number of carbonyl (C=O) groups is 2. The molecule has 1 fully saturated rings. The van der Waals surface area contributed by atoms with Crippen LogP contribution in [0.15, 0.2) is 12.1 Å². The molecule has 1 aromatic carbocycles. The van der Waals surface area contributed by atoms with Crippen LogP contribution < -0.4 is 20.1 Å². The highest BCUT2D eigenvalue weighted by molar-refractivity contribution is 5.99. The van der Waals surface area contributed by atoms with Gasteiger partial charge in [0.05, 0.1) is 31.4 Å². The standard InChI is InChI=1S/C24H37N3O6/c1-5-8-25-17-12-18(21-20(13-17)31-10-6-11-32-21)22(29)26-14-16-7-9-27(15-19(16)28)23(30)33-24(2,3)4/h12-13,16,19,25,28H,5-11,14-15H2,1-4H3,(H,26,29)/t16-,19+/m0/s1. The van der Waals surface area contributed by atoms with Crippen LogP contribution in [-0.4, -0.2) is 73.1 Å². The Morgan fingerprint density at radius 2 is 2.00 bits per heavy atom. The highest BCUT2D eigenvalue weighted by atomic mass is 16.6. The fraction of sp³-hybridized carbons (Fsp3) is 0.667. The maximum absolute atomic E-state index is 13.1. The van der Waals surface area contributed by atoms with E-state index >= 15 is 0 Å². The lowest BCUT2D eigenvalue weighted by Crippen LogP contribution is -2.50. The normalized spacial score (nSPS) is 20.6. The van der Waals surface area contributed by atoms with Crippen molar-refractivity contribution in [3.05, 3.63) is 17.7 Å². The molecule has 2 atom stereocenters. The molecule has 3 N–H and O–H groups in total. The maximum Gasteiger partial charge on any atom is 0.410 e. The van der Waals surface area contributed by atoms with Gasteiger partial charge >= 0.3 is 6.09 Å². The van der Waals surface area contributed by atoms with Gasteiger partial charge in [0.1, 0.15) is 5.60 Å². The molecule has 0 aromatic heterocycles. The summed E-state index contributed by atoms with van der Waals surface area (Å²) < 4.78 is 17.0. The molecule has 0 radical (unpaired) electrons. The van der Waals surface area contributed by atoms with Crippen molar-refractivity contribution in [3.8, 4) is 11.5 Å². The van der Waals surface area contributed by atoms with Gasteiger partial charge in [-0.15, -0.1) is 0 Å². The lowest BCUT2D eigenvalue weighted by molar-refractivity contribution is -0.0122. The van der Waals surface area contributed by atoms with Crippen molar-refractivity contribution in [3.63, 3.8) is 0 Å². The average molecular weight is 464 g/mol. The molecule has 9 nitrogen and oxygen atoms in total. The number of nitrogens with zero attached hydrogens (tertiary/aromatic N) is 1. The first-order valence-electron chi connectivity index (χ1n) is 11.8. The van der Waals surface area contributed by atoms with Gasteiger partial charge in [-0.1, -0.05) is 6.92 Å². The monoisotopic (exact) mass is 463 g/mol. The molecule has 184 valence electrons. The number of ether oxygens (including phenoxy) is 3. The summed E-state index contributed by atoms with van der Waals surface area (Å²) in [6.07, 6.45) is 1.09. The van der Waals surface area contributed by atoms with E-state index in [1.54, 1.807) is 6.07 Å². The molecule has 0 spiro atoms. The Hall–Kier alpha value is -2.68. The van der Waals surface area contributed by atoms with E-state index in [1.807, 2.05) is 26.8 Å². The lowest BCUT2D eigenvalue weighted by atomic mass is 9.94. The number of aliphatic hydroxyl groups is 1. The first-order chi connectivity index (χ1) is 15.7. The Morgan fingerprint density at radius 3 is 2.70 bits per heavy atom. The van der Waals surface area contributed by atoms with Gasteiger partial charge in [-0.2, -0.15) is 0 Å². The number of hydrogen-bond donors (Lipinski definition) is 3. The molecular weight excluding hydrogens is 426 g/mol. The van der Waals surface area contributed by atoms with Gasteiger partial charge in [0.2, 0.25) is 0 Å². The molecule has 0 unspecified atom stereocenters. The van der Waals surface area contributed by atoms with Crippen molar-refractivity contribution in [1.29, 1.82) is 0 Å². The van der Waals surface area contributed by atoms with Crippen molar-refractivity contribution in [1.82, 2.24) is 10.2 Å². The van der Waals surface area contributed by atoms with Crippen LogP contribution >= 0.6 is 0 Å². The number of β-amino-alcohol motifs (C(OH)–C–C–N with tert-alkyl or cyclic N) is 1. The van der Waals surface area contributed by atoms with Gasteiger partial charge in [-0.25, -0.2) is 4.79 Å². The molecule has 2 heterocycles.